The second-order valence-corrected chi connectivity index (χ2v) is 6.16. The third-order valence-corrected chi connectivity index (χ3v) is 4.14. The minimum absolute atomic E-state index is 0.0136. The number of hydrogen-bond acceptors (Lipinski definition) is 4. The van der Waals surface area contributed by atoms with Gasteiger partial charge in [-0.1, -0.05) is 23.2 Å². The first-order valence-corrected chi connectivity index (χ1v) is 7.03. The van der Waals surface area contributed by atoms with Crippen LogP contribution in [0.4, 0.5) is 5.69 Å². The molecule has 1 saturated heterocycles. The molecule has 1 aliphatic rings. The molecular weight excluding hydrogens is 319 g/mol. The highest BCUT2D eigenvalue weighted by molar-refractivity contribution is 6.43. The predicted molar refractivity (Wildman–Crippen MR) is 79.1 cm³/mol. The van der Waals surface area contributed by atoms with Gasteiger partial charge in [0, 0.05) is 18.2 Å². The van der Waals surface area contributed by atoms with Gasteiger partial charge in [-0.3, -0.25) is 14.9 Å². The Morgan fingerprint density at radius 3 is 2.67 bits per heavy atom. The zero-order valence-electron chi connectivity index (χ0n) is 11.6. The molecule has 6 nitrogen and oxygen atoms in total. The number of hydrogen-bond donors (Lipinski definition) is 0. The largest absolute Gasteiger partial charge is 0.377 e. The number of carbonyl (C=O) groups excluding carboxylic acids is 1. The molecule has 2 rings (SSSR count). The number of rotatable bonds is 2. The number of nitrogens with zero attached hydrogens (tertiary/aromatic N) is 2. The van der Waals surface area contributed by atoms with Crippen LogP contribution in [0.25, 0.3) is 0 Å². The Kier molecular flexibility index (Phi) is 4.41. The Morgan fingerprint density at radius 1 is 1.43 bits per heavy atom. The quantitative estimate of drug-likeness (QED) is 0.616. The molecule has 1 amide bonds. The fourth-order valence-electron chi connectivity index (χ4n) is 2.22. The Hall–Kier alpha value is -1.37. The van der Waals surface area contributed by atoms with Crippen molar-refractivity contribution in [2.45, 2.75) is 19.4 Å². The van der Waals surface area contributed by atoms with Gasteiger partial charge in [0.2, 0.25) is 0 Å². The highest BCUT2D eigenvalue weighted by atomic mass is 35.5. The lowest BCUT2D eigenvalue weighted by molar-refractivity contribution is -0.384. The van der Waals surface area contributed by atoms with Crippen molar-refractivity contribution in [3.63, 3.8) is 0 Å². The number of halogens is 2. The van der Waals surface area contributed by atoms with Gasteiger partial charge in [-0.05, 0) is 19.9 Å². The number of amides is 1. The second-order valence-electron chi connectivity index (χ2n) is 5.37. The van der Waals surface area contributed by atoms with Crippen molar-refractivity contribution in [1.82, 2.24) is 4.90 Å². The van der Waals surface area contributed by atoms with Crippen LogP contribution in [0, 0.1) is 10.1 Å². The predicted octanol–water partition coefficient (Wildman–Crippen LogP) is 3.15. The van der Waals surface area contributed by atoms with Crippen LogP contribution < -0.4 is 0 Å². The molecule has 0 bridgehead atoms. The Morgan fingerprint density at radius 2 is 2.10 bits per heavy atom. The van der Waals surface area contributed by atoms with E-state index in [1.54, 1.807) is 4.90 Å². The maximum atomic E-state index is 12.6. The van der Waals surface area contributed by atoms with Gasteiger partial charge in [0.15, 0.2) is 0 Å². The molecule has 114 valence electrons. The maximum absolute atomic E-state index is 12.6. The van der Waals surface area contributed by atoms with Crippen LogP contribution in [0.1, 0.15) is 24.2 Å². The van der Waals surface area contributed by atoms with Crippen LogP contribution in [0.2, 0.25) is 10.0 Å². The first-order chi connectivity index (χ1) is 9.74. The molecule has 0 atom stereocenters. The SMILES string of the molecule is CC1(C)COCCN1C(=O)c1cc(Cl)c(Cl)c([N+](=O)[O-])c1. The first-order valence-electron chi connectivity index (χ1n) is 6.27. The van der Waals surface area contributed by atoms with Gasteiger partial charge in [0.25, 0.3) is 11.6 Å². The van der Waals surface area contributed by atoms with Gasteiger partial charge in [0.1, 0.15) is 5.02 Å². The van der Waals surface area contributed by atoms with Gasteiger partial charge >= 0.3 is 0 Å². The summed E-state index contributed by atoms with van der Waals surface area (Å²) >= 11 is 11.7. The van der Waals surface area contributed by atoms with Crippen molar-refractivity contribution in [1.29, 1.82) is 0 Å². The number of nitro benzene ring substituents is 1. The van der Waals surface area contributed by atoms with E-state index in [1.807, 2.05) is 13.8 Å². The number of nitro groups is 1. The smallest absolute Gasteiger partial charge is 0.290 e. The molecular formula is C13H14Cl2N2O4. The van der Waals surface area contributed by atoms with Crippen molar-refractivity contribution in [2.75, 3.05) is 19.8 Å². The Labute approximate surface area is 131 Å². The summed E-state index contributed by atoms with van der Waals surface area (Å²) in [6, 6.07) is 2.51. The normalized spacial score (nSPS) is 17.6. The van der Waals surface area contributed by atoms with Gasteiger partial charge in [-0.2, -0.15) is 0 Å². The molecule has 1 aromatic carbocycles. The summed E-state index contributed by atoms with van der Waals surface area (Å²) in [6.45, 7) is 4.99. The summed E-state index contributed by atoms with van der Waals surface area (Å²) < 4.78 is 5.36. The third-order valence-electron chi connectivity index (χ3n) is 3.34. The molecule has 0 aromatic heterocycles. The molecule has 0 spiro atoms. The van der Waals surface area contributed by atoms with Crippen LogP contribution in [0.3, 0.4) is 0 Å². The average molecular weight is 333 g/mol. The molecule has 1 aliphatic heterocycles. The van der Waals surface area contributed by atoms with Crippen molar-refractivity contribution in [2.24, 2.45) is 0 Å². The number of carbonyl (C=O) groups is 1. The van der Waals surface area contributed by atoms with Crippen molar-refractivity contribution in [3.8, 4) is 0 Å². The van der Waals surface area contributed by atoms with Crippen molar-refractivity contribution in [3.05, 3.63) is 37.9 Å². The van der Waals surface area contributed by atoms with Gasteiger partial charge in [-0.15, -0.1) is 0 Å². The summed E-state index contributed by atoms with van der Waals surface area (Å²) in [6.07, 6.45) is 0. The molecule has 1 fully saturated rings. The molecule has 0 saturated carbocycles. The first kappa shape index (κ1) is 16.0. The third kappa shape index (κ3) is 3.12. The lowest BCUT2D eigenvalue weighted by atomic mass is 10.0. The molecule has 0 radical (unpaired) electrons. The van der Waals surface area contributed by atoms with E-state index in [1.165, 1.54) is 6.07 Å². The van der Waals surface area contributed by atoms with E-state index in [0.717, 1.165) is 6.07 Å². The van der Waals surface area contributed by atoms with E-state index >= 15 is 0 Å². The zero-order valence-corrected chi connectivity index (χ0v) is 13.1. The van der Waals surface area contributed by atoms with Crippen LogP contribution in [0.5, 0.6) is 0 Å². The summed E-state index contributed by atoms with van der Waals surface area (Å²) in [5.74, 6) is -0.329. The van der Waals surface area contributed by atoms with Crippen LogP contribution >= 0.6 is 23.2 Å². The summed E-state index contributed by atoms with van der Waals surface area (Å²) in [5.41, 5.74) is -0.722. The van der Waals surface area contributed by atoms with E-state index in [9.17, 15) is 14.9 Å². The minimum atomic E-state index is -0.657. The monoisotopic (exact) mass is 332 g/mol. The van der Waals surface area contributed by atoms with Crippen molar-refractivity contribution < 1.29 is 14.5 Å². The standard InChI is InChI=1S/C13H14Cl2N2O4/c1-13(2)7-21-4-3-16(13)12(18)8-5-9(14)11(15)10(6-8)17(19)20/h5-6H,3-4,7H2,1-2H3. The van der Waals surface area contributed by atoms with E-state index in [2.05, 4.69) is 0 Å². The molecule has 0 N–H and O–H groups in total. The van der Waals surface area contributed by atoms with Crippen LogP contribution in [-0.2, 0) is 4.74 Å². The molecule has 0 aliphatic carbocycles. The summed E-state index contributed by atoms with van der Waals surface area (Å²) in [5, 5.41) is 10.8. The average Bonchev–Trinajstić information content (AvgIpc) is 2.40. The summed E-state index contributed by atoms with van der Waals surface area (Å²) in [4.78, 5) is 24.5. The molecule has 21 heavy (non-hydrogen) atoms. The van der Waals surface area contributed by atoms with Crippen LogP contribution in [-0.4, -0.2) is 41.0 Å². The molecule has 1 aromatic rings. The maximum Gasteiger partial charge on any atom is 0.290 e. The van der Waals surface area contributed by atoms with Crippen LogP contribution in [0.15, 0.2) is 12.1 Å². The molecule has 1 heterocycles. The van der Waals surface area contributed by atoms with E-state index in [0.29, 0.717) is 19.8 Å². The molecule has 0 unspecified atom stereocenters. The Bertz CT molecular complexity index is 604. The summed E-state index contributed by atoms with van der Waals surface area (Å²) in [7, 11) is 0. The van der Waals surface area contributed by atoms with Crippen molar-refractivity contribution >= 4 is 34.8 Å². The van der Waals surface area contributed by atoms with E-state index < -0.39 is 10.5 Å². The zero-order chi connectivity index (χ0) is 15.8. The number of morpholine rings is 1. The minimum Gasteiger partial charge on any atom is -0.377 e. The fourth-order valence-corrected chi connectivity index (χ4v) is 2.61. The van der Waals surface area contributed by atoms with Gasteiger partial charge in [-0.25, -0.2) is 0 Å². The topological polar surface area (TPSA) is 72.7 Å². The lowest BCUT2D eigenvalue weighted by Gasteiger charge is -2.42. The highest BCUT2D eigenvalue weighted by Crippen LogP contribution is 2.34. The number of ether oxygens (including phenoxy) is 1. The number of benzene rings is 1. The highest BCUT2D eigenvalue weighted by Gasteiger charge is 2.35. The van der Waals surface area contributed by atoms with Gasteiger partial charge < -0.3 is 9.64 Å². The van der Waals surface area contributed by atoms with Gasteiger partial charge in [0.05, 0.1) is 28.7 Å². The van der Waals surface area contributed by atoms with E-state index in [4.69, 9.17) is 27.9 Å². The van der Waals surface area contributed by atoms with E-state index in [-0.39, 0.29) is 27.2 Å². The second kappa shape index (κ2) is 5.79. The Balaban J connectivity index is 2.42. The lowest BCUT2D eigenvalue weighted by Crippen LogP contribution is -2.55. The molecule has 8 heteroatoms. The fraction of sp³-hybridized carbons (Fsp3) is 0.462.